The van der Waals surface area contributed by atoms with E-state index in [-0.39, 0.29) is 0 Å². The molecule has 0 spiro atoms. The van der Waals surface area contributed by atoms with E-state index in [4.69, 9.17) is 11.6 Å². The molecule has 0 amide bonds. The Morgan fingerprint density at radius 3 is 2.85 bits per heavy atom. The summed E-state index contributed by atoms with van der Waals surface area (Å²) in [5.74, 6) is 0.890. The van der Waals surface area contributed by atoms with Crippen LogP contribution < -0.4 is 5.32 Å². The Bertz CT molecular complexity index is 458. The molecule has 2 aliphatic carbocycles. The lowest BCUT2D eigenvalue weighted by Crippen LogP contribution is -2.17. The lowest BCUT2D eigenvalue weighted by molar-refractivity contribution is 0.394. The molecule has 0 heterocycles. The largest absolute Gasteiger partial charge is 0.310 e. The van der Waals surface area contributed by atoms with Gasteiger partial charge in [-0.1, -0.05) is 31.4 Å². The summed E-state index contributed by atoms with van der Waals surface area (Å²) in [6.45, 7) is 3.36. The third-order valence-electron chi connectivity index (χ3n) is 4.36. The number of benzene rings is 1. The molecule has 0 radical (unpaired) electrons. The number of thioether (sulfide) groups is 1. The van der Waals surface area contributed by atoms with E-state index in [1.165, 1.54) is 49.0 Å². The third-order valence-corrected chi connectivity index (χ3v) is 6.01. The monoisotopic (exact) mass is 309 g/mol. The zero-order valence-electron chi connectivity index (χ0n) is 12.2. The van der Waals surface area contributed by atoms with Crippen LogP contribution in [0.15, 0.2) is 23.1 Å². The topological polar surface area (TPSA) is 12.0 Å². The normalized spacial score (nSPS) is 26.7. The van der Waals surface area contributed by atoms with Crippen LogP contribution in [0.4, 0.5) is 0 Å². The van der Waals surface area contributed by atoms with Crippen LogP contribution in [0, 0.1) is 5.92 Å². The first-order valence-electron chi connectivity index (χ1n) is 7.89. The summed E-state index contributed by atoms with van der Waals surface area (Å²) in [5.41, 5.74) is 1.38. The molecule has 1 N–H and O–H groups in total. The summed E-state index contributed by atoms with van der Waals surface area (Å²) in [6, 6.07) is 7.15. The van der Waals surface area contributed by atoms with Gasteiger partial charge in [-0.05, 0) is 55.4 Å². The van der Waals surface area contributed by atoms with Gasteiger partial charge in [0, 0.05) is 27.8 Å². The van der Waals surface area contributed by atoms with Crippen molar-refractivity contribution in [2.24, 2.45) is 5.92 Å². The number of nitrogens with one attached hydrogen (secondary N) is 1. The van der Waals surface area contributed by atoms with Crippen molar-refractivity contribution in [2.75, 3.05) is 0 Å². The zero-order valence-corrected chi connectivity index (χ0v) is 13.8. The average molecular weight is 310 g/mol. The molecular weight excluding hydrogens is 286 g/mol. The Kier molecular flexibility index (Phi) is 4.95. The molecule has 0 aliphatic heterocycles. The van der Waals surface area contributed by atoms with E-state index < -0.39 is 0 Å². The Morgan fingerprint density at radius 2 is 2.10 bits per heavy atom. The van der Waals surface area contributed by atoms with Gasteiger partial charge in [0.15, 0.2) is 0 Å². The Balaban J connectivity index is 1.66. The molecule has 0 aromatic heterocycles. The fourth-order valence-corrected chi connectivity index (χ4v) is 4.70. The van der Waals surface area contributed by atoms with E-state index in [1.54, 1.807) is 0 Å². The van der Waals surface area contributed by atoms with Gasteiger partial charge in [0.1, 0.15) is 0 Å². The second kappa shape index (κ2) is 6.72. The van der Waals surface area contributed by atoms with Crippen LogP contribution in [0.25, 0.3) is 0 Å². The zero-order chi connectivity index (χ0) is 13.9. The highest BCUT2D eigenvalue weighted by atomic mass is 35.5. The van der Waals surface area contributed by atoms with Gasteiger partial charge in [-0.15, -0.1) is 11.8 Å². The predicted molar refractivity (Wildman–Crippen MR) is 88.6 cm³/mol. The summed E-state index contributed by atoms with van der Waals surface area (Å²) >= 11 is 8.25. The highest BCUT2D eigenvalue weighted by Crippen LogP contribution is 2.38. The van der Waals surface area contributed by atoms with E-state index in [1.807, 2.05) is 6.07 Å². The van der Waals surface area contributed by atoms with Gasteiger partial charge in [0.2, 0.25) is 0 Å². The third kappa shape index (κ3) is 4.16. The Hall–Kier alpha value is -0.180. The van der Waals surface area contributed by atoms with Crippen LogP contribution in [0.5, 0.6) is 0 Å². The molecule has 1 aromatic rings. The van der Waals surface area contributed by atoms with Gasteiger partial charge < -0.3 is 5.32 Å². The molecule has 2 saturated carbocycles. The maximum absolute atomic E-state index is 6.18. The molecule has 1 nitrogen and oxygen atoms in total. The van der Waals surface area contributed by atoms with Crippen LogP contribution in [-0.2, 0) is 6.54 Å². The molecule has 3 rings (SSSR count). The van der Waals surface area contributed by atoms with E-state index in [9.17, 15) is 0 Å². The van der Waals surface area contributed by atoms with Gasteiger partial charge in [-0.3, -0.25) is 0 Å². The molecule has 2 aliphatic rings. The van der Waals surface area contributed by atoms with Gasteiger partial charge in [0.25, 0.3) is 0 Å². The molecule has 2 atom stereocenters. The highest BCUT2D eigenvalue weighted by molar-refractivity contribution is 8.00. The van der Waals surface area contributed by atoms with Crippen LogP contribution in [-0.4, -0.2) is 11.3 Å². The van der Waals surface area contributed by atoms with Gasteiger partial charge in [-0.2, -0.15) is 0 Å². The minimum Gasteiger partial charge on any atom is -0.310 e. The molecule has 110 valence electrons. The van der Waals surface area contributed by atoms with Crippen LogP contribution >= 0.6 is 23.4 Å². The van der Waals surface area contributed by atoms with Crippen molar-refractivity contribution < 1.29 is 0 Å². The smallest absolute Gasteiger partial charge is 0.0410 e. The van der Waals surface area contributed by atoms with Crippen molar-refractivity contribution in [3.8, 4) is 0 Å². The average Bonchev–Trinajstić information content (AvgIpc) is 3.23. The van der Waals surface area contributed by atoms with E-state index in [0.29, 0.717) is 0 Å². The summed E-state index contributed by atoms with van der Waals surface area (Å²) < 4.78 is 0. The minimum atomic E-state index is 0.751. The number of hydrogen-bond donors (Lipinski definition) is 1. The lowest BCUT2D eigenvalue weighted by atomic mass is 9.91. The summed E-state index contributed by atoms with van der Waals surface area (Å²) in [4.78, 5) is 1.43. The first kappa shape index (κ1) is 14.7. The van der Waals surface area contributed by atoms with E-state index >= 15 is 0 Å². The molecule has 2 unspecified atom stereocenters. The maximum Gasteiger partial charge on any atom is 0.0410 e. The molecule has 0 bridgehead atoms. The SMILES string of the molecule is CC1CCCC(Sc2ccc(Cl)cc2CNC2CC2)C1. The molecule has 20 heavy (non-hydrogen) atoms. The van der Waals surface area contributed by atoms with Gasteiger partial charge in [0.05, 0.1) is 0 Å². The van der Waals surface area contributed by atoms with Gasteiger partial charge in [-0.25, -0.2) is 0 Å². The van der Waals surface area contributed by atoms with Crippen LogP contribution in [0.1, 0.15) is 51.0 Å². The molecule has 2 fully saturated rings. The van der Waals surface area contributed by atoms with Crippen molar-refractivity contribution in [3.05, 3.63) is 28.8 Å². The van der Waals surface area contributed by atoms with Crippen molar-refractivity contribution in [3.63, 3.8) is 0 Å². The first-order valence-corrected chi connectivity index (χ1v) is 9.15. The molecular formula is C17H24ClNS. The molecule has 3 heteroatoms. The molecule has 0 saturated heterocycles. The fraction of sp³-hybridized carbons (Fsp3) is 0.647. The highest BCUT2D eigenvalue weighted by Gasteiger charge is 2.23. The standard InChI is InChI=1S/C17H24ClNS/c1-12-3-2-4-16(9-12)20-17-8-5-14(18)10-13(17)11-19-15-6-7-15/h5,8,10,12,15-16,19H,2-4,6-7,9,11H2,1H3. The maximum atomic E-state index is 6.18. The van der Waals surface area contributed by atoms with Crippen molar-refractivity contribution in [2.45, 2.75) is 68.2 Å². The second-order valence-electron chi connectivity index (χ2n) is 6.42. The molecule has 1 aromatic carbocycles. The lowest BCUT2D eigenvalue weighted by Gasteiger charge is -2.27. The Morgan fingerprint density at radius 1 is 1.25 bits per heavy atom. The van der Waals surface area contributed by atoms with Crippen LogP contribution in [0.2, 0.25) is 5.02 Å². The number of rotatable bonds is 5. The van der Waals surface area contributed by atoms with Crippen LogP contribution in [0.3, 0.4) is 0 Å². The summed E-state index contributed by atoms with van der Waals surface area (Å²) in [7, 11) is 0. The predicted octanol–water partition coefficient (Wildman–Crippen LogP) is 5.26. The summed E-state index contributed by atoms with van der Waals surface area (Å²) in [5, 5.41) is 5.27. The van der Waals surface area contributed by atoms with Crippen molar-refractivity contribution in [1.82, 2.24) is 5.32 Å². The van der Waals surface area contributed by atoms with E-state index in [0.717, 1.165) is 28.8 Å². The quantitative estimate of drug-likeness (QED) is 0.796. The minimum absolute atomic E-state index is 0.751. The van der Waals surface area contributed by atoms with Gasteiger partial charge >= 0.3 is 0 Å². The Labute approximate surface area is 131 Å². The first-order chi connectivity index (χ1) is 9.70. The van der Waals surface area contributed by atoms with Crippen molar-refractivity contribution >= 4 is 23.4 Å². The number of halogens is 1. The second-order valence-corrected chi connectivity index (χ2v) is 8.20. The summed E-state index contributed by atoms with van der Waals surface area (Å²) in [6.07, 6.45) is 8.21. The van der Waals surface area contributed by atoms with E-state index in [2.05, 4.69) is 36.1 Å². The number of hydrogen-bond acceptors (Lipinski definition) is 2. The fourth-order valence-electron chi connectivity index (χ4n) is 3.01. The van der Waals surface area contributed by atoms with Crippen molar-refractivity contribution in [1.29, 1.82) is 0 Å².